The molecule has 6 nitrogen and oxygen atoms in total. The van der Waals surface area contributed by atoms with Gasteiger partial charge in [-0.1, -0.05) is 200 Å². The van der Waals surface area contributed by atoms with Crippen molar-refractivity contribution in [3.8, 4) is 0 Å². The standard InChI is InChI=1S/C59H94O6/c1-4-7-10-13-16-19-22-25-27-28-29-30-32-34-37-40-43-46-49-52-58(61)64-55-56(54-63-57(60)51-48-45-42-39-36-33-24-21-18-15-12-9-6-3)65-59(62)53-50-47-44-41-38-35-31-26-23-20-17-14-11-8-5-2/h7-8,10-11,16-17,19-21,24-27,29-31,34,37,43,46,56H,4-6,9,12-15,18,22-23,28,32-33,35-36,38-42,44-45,47-55H2,1-3H3/b10-7+,11-8+,19-16+,20-17+,24-21+,27-25+,30-29+,31-26+,37-34+,46-43+/t56-/m1/s1. The van der Waals surface area contributed by atoms with E-state index in [2.05, 4.69) is 130 Å². The van der Waals surface area contributed by atoms with Gasteiger partial charge in [-0.3, -0.25) is 14.4 Å². The molecule has 0 radical (unpaired) electrons. The van der Waals surface area contributed by atoms with Crippen LogP contribution in [0.5, 0.6) is 0 Å². The Labute approximate surface area is 399 Å². The summed E-state index contributed by atoms with van der Waals surface area (Å²) in [6, 6.07) is 0. The van der Waals surface area contributed by atoms with E-state index in [1.807, 2.05) is 12.2 Å². The number of hydrogen-bond acceptors (Lipinski definition) is 6. The molecule has 0 aliphatic carbocycles. The van der Waals surface area contributed by atoms with Crippen molar-refractivity contribution < 1.29 is 28.6 Å². The van der Waals surface area contributed by atoms with Crippen LogP contribution in [-0.2, 0) is 28.6 Å². The second-order valence-corrected chi connectivity index (χ2v) is 16.7. The third-order valence-corrected chi connectivity index (χ3v) is 10.4. The summed E-state index contributed by atoms with van der Waals surface area (Å²) in [6.07, 6.45) is 71.9. The minimum Gasteiger partial charge on any atom is -0.462 e. The van der Waals surface area contributed by atoms with Gasteiger partial charge in [-0.15, -0.1) is 0 Å². The summed E-state index contributed by atoms with van der Waals surface area (Å²) in [5.74, 6) is -1.04. The maximum Gasteiger partial charge on any atom is 0.306 e. The number of rotatable bonds is 45. The molecule has 0 aliphatic heterocycles. The van der Waals surface area contributed by atoms with Crippen LogP contribution >= 0.6 is 0 Å². The third kappa shape index (κ3) is 50.7. The highest BCUT2D eigenvalue weighted by Crippen LogP contribution is 2.12. The van der Waals surface area contributed by atoms with E-state index >= 15 is 0 Å². The Balaban J connectivity index is 4.56. The number of unbranched alkanes of at least 4 members (excludes halogenated alkanes) is 14. The topological polar surface area (TPSA) is 78.9 Å². The van der Waals surface area contributed by atoms with Crippen LogP contribution in [0.1, 0.15) is 213 Å². The second kappa shape index (κ2) is 52.4. The molecule has 6 heteroatoms. The SMILES string of the molecule is CC/C=C/C/C=C/C/C=C/C/C=C/C/C=C/C/C=C/CCC(=O)OC[C@@H](COC(=O)CCCCCCC/C=C/CCCCCC)OC(=O)CCCCCCC/C=C/C/C=C/C/C=C/CC. The zero-order chi connectivity index (χ0) is 47.2. The molecule has 366 valence electrons. The van der Waals surface area contributed by atoms with Crippen LogP contribution in [0.4, 0.5) is 0 Å². The lowest BCUT2D eigenvalue weighted by Crippen LogP contribution is -2.30. The van der Waals surface area contributed by atoms with Crippen molar-refractivity contribution in [2.24, 2.45) is 0 Å². The summed E-state index contributed by atoms with van der Waals surface area (Å²) < 4.78 is 16.7. The average Bonchev–Trinajstić information content (AvgIpc) is 3.30. The van der Waals surface area contributed by atoms with Crippen molar-refractivity contribution in [2.75, 3.05) is 13.2 Å². The summed E-state index contributed by atoms with van der Waals surface area (Å²) >= 11 is 0. The quantitative estimate of drug-likeness (QED) is 0.0262. The van der Waals surface area contributed by atoms with Gasteiger partial charge in [0.1, 0.15) is 13.2 Å². The summed E-state index contributed by atoms with van der Waals surface area (Å²) in [4.78, 5) is 38.0. The highest BCUT2D eigenvalue weighted by atomic mass is 16.6. The molecule has 0 aromatic heterocycles. The Kier molecular flexibility index (Phi) is 49.1. The predicted molar refractivity (Wildman–Crippen MR) is 279 cm³/mol. The van der Waals surface area contributed by atoms with Crippen molar-refractivity contribution >= 4 is 17.9 Å². The van der Waals surface area contributed by atoms with Gasteiger partial charge in [0, 0.05) is 19.3 Å². The lowest BCUT2D eigenvalue weighted by Gasteiger charge is -2.18. The van der Waals surface area contributed by atoms with Gasteiger partial charge in [-0.2, -0.15) is 0 Å². The van der Waals surface area contributed by atoms with E-state index < -0.39 is 6.10 Å². The highest BCUT2D eigenvalue weighted by Gasteiger charge is 2.19. The maximum atomic E-state index is 12.8. The average molecular weight is 899 g/mol. The van der Waals surface area contributed by atoms with Gasteiger partial charge in [-0.25, -0.2) is 0 Å². The molecule has 0 spiro atoms. The summed E-state index contributed by atoms with van der Waals surface area (Å²) in [5.41, 5.74) is 0. The Hall–Kier alpha value is -4.19. The Morgan fingerprint density at radius 2 is 0.631 bits per heavy atom. The number of allylic oxidation sites excluding steroid dienone is 20. The minimum absolute atomic E-state index is 0.116. The fourth-order valence-corrected chi connectivity index (χ4v) is 6.59. The van der Waals surface area contributed by atoms with Gasteiger partial charge in [0.2, 0.25) is 0 Å². The molecule has 0 fully saturated rings. The molecule has 0 heterocycles. The molecular weight excluding hydrogens is 805 g/mol. The lowest BCUT2D eigenvalue weighted by molar-refractivity contribution is -0.166. The van der Waals surface area contributed by atoms with Crippen molar-refractivity contribution in [3.63, 3.8) is 0 Å². The first-order valence-corrected chi connectivity index (χ1v) is 26.0. The fraction of sp³-hybridized carbons (Fsp3) is 0.610. The molecular formula is C59H94O6. The van der Waals surface area contributed by atoms with Gasteiger partial charge in [0.15, 0.2) is 6.10 Å². The van der Waals surface area contributed by atoms with Crippen LogP contribution in [0.15, 0.2) is 122 Å². The molecule has 0 N–H and O–H groups in total. The zero-order valence-corrected chi connectivity index (χ0v) is 41.7. The Morgan fingerprint density at radius 1 is 0.323 bits per heavy atom. The molecule has 0 bridgehead atoms. The predicted octanol–water partition coefficient (Wildman–Crippen LogP) is 17.3. The molecule has 65 heavy (non-hydrogen) atoms. The summed E-state index contributed by atoms with van der Waals surface area (Å²) in [5, 5.41) is 0. The Bertz CT molecular complexity index is 1400. The van der Waals surface area contributed by atoms with E-state index in [-0.39, 0.29) is 44.0 Å². The van der Waals surface area contributed by atoms with Crippen LogP contribution in [0.25, 0.3) is 0 Å². The van der Waals surface area contributed by atoms with E-state index in [0.29, 0.717) is 12.8 Å². The smallest absolute Gasteiger partial charge is 0.306 e. The molecule has 0 saturated carbocycles. The van der Waals surface area contributed by atoms with E-state index in [1.165, 1.54) is 38.5 Å². The normalized spacial score (nSPS) is 13.1. The monoisotopic (exact) mass is 899 g/mol. The van der Waals surface area contributed by atoms with Gasteiger partial charge in [0.05, 0.1) is 0 Å². The first-order valence-electron chi connectivity index (χ1n) is 26.0. The first-order chi connectivity index (χ1) is 32.0. The number of ether oxygens (including phenoxy) is 3. The molecule has 1 atom stereocenters. The van der Waals surface area contributed by atoms with Crippen molar-refractivity contribution in [2.45, 2.75) is 219 Å². The largest absolute Gasteiger partial charge is 0.462 e. The van der Waals surface area contributed by atoms with Gasteiger partial charge in [0.25, 0.3) is 0 Å². The summed E-state index contributed by atoms with van der Waals surface area (Å²) in [7, 11) is 0. The molecule has 0 aliphatic rings. The van der Waals surface area contributed by atoms with Gasteiger partial charge in [-0.05, 0) is 116 Å². The number of hydrogen-bond donors (Lipinski definition) is 0. The van der Waals surface area contributed by atoms with E-state index in [9.17, 15) is 14.4 Å². The zero-order valence-electron chi connectivity index (χ0n) is 41.7. The number of carbonyl (C=O) groups is 3. The Morgan fingerprint density at radius 3 is 1.05 bits per heavy atom. The van der Waals surface area contributed by atoms with E-state index in [0.717, 1.165) is 128 Å². The van der Waals surface area contributed by atoms with E-state index in [1.54, 1.807) is 0 Å². The number of esters is 3. The second-order valence-electron chi connectivity index (χ2n) is 16.7. The van der Waals surface area contributed by atoms with Crippen molar-refractivity contribution in [3.05, 3.63) is 122 Å². The van der Waals surface area contributed by atoms with Crippen LogP contribution in [0.2, 0.25) is 0 Å². The molecule has 0 aromatic rings. The molecule has 0 unspecified atom stereocenters. The molecule has 0 aromatic carbocycles. The van der Waals surface area contributed by atoms with Crippen molar-refractivity contribution in [1.82, 2.24) is 0 Å². The first kappa shape index (κ1) is 60.8. The molecule has 0 amide bonds. The van der Waals surface area contributed by atoms with E-state index in [4.69, 9.17) is 14.2 Å². The van der Waals surface area contributed by atoms with Gasteiger partial charge < -0.3 is 14.2 Å². The number of carbonyl (C=O) groups excluding carboxylic acids is 3. The lowest BCUT2D eigenvalue weighted by atomic mass is 10.1. The molecule has 0 saturated heterocycles. The van der Waals surface area contributed by atoms with Gasteiger partial charge >= 0.3 is 17.9 Å². The van der Waals surface area contributed by atoms with Crippen LogP contribution in [-0.4, -0.2) is 37.2 Å². The fourth-order valence-electron chi connectivity index (χ4n) is 6.59. The van der Waals surface area contributed by atoms with Crippen LogP contribution in [0.3, 0.4) is 0 Å². The minimum atomic E-state index is -0.824. The summed E-state index contributed by atoms with van der Waals surface area (Å²) in [6.45, 7) is 6.29. The highest BCUT2D eigenvalue weighted by molar-refractivity contribution is 5.71. The van der Waals surface area contributed by atoms with Crippen LogP contribution in [0, 0.1) is 0 Å². The van der Waals surface area contributed by atoms with Crippen LogP contribution < -0.4 is 0 Å². The molecule has 0 rings (SSSR count). The van der Waals surface area contributed by atoms with Crippen molar-refractivity contribution in [1.29, 1.82) is 0 Å². The maximum absolute atomic E-state index is 12.8. The third-order valence-electron chi connectivity index (χ3n) is 10.4.